The maximum absolute atomic E-state index is 11.0. The van der Waals surface area contributed by atoms with Gasteiger partial charge >= 0.3 is 0 Å². The topological polar surface area (TPSA) is 26.3 Å². The molecule has 14 heavy (non-hydrogen) atoms. The second-order valence-corrected chi connectivity index (χ2v) is 3.59. The minimum absolute atomic E-state index is 0.0488. The Hall–Kier alpha value is -1.31. The first-order chi connectivity index (χ1) is 6.52. The molecule has 0 fully saturated rings. The number of carbonyl (C=O) groups is 1. The van der Waals surface area contributed by atoms with Crippen molar-refractivity contribution in [2.75, 3.05) is 0 Å². The molecular weight excluding hydrogens is 176 g/mol. The van der Waals surface area contributed by atoms with E-state index in [0.29, 0.717) is 0 Å². The van der Waals surface area contributed by atoms with Gasteiger partial charge in [0.2, 0.25) is 0 Å². The number of ketones is 1. The minimum Gasteiger partial charge on any atom is -0.482 e. The largest absolute Gasteiger partial charge is 0.482 e. The van der Waals surface area contributed by atoms with Gasteiger partial charge in [-0.1, -0.05) is 18.2 Å². The molecule has 0 bridgehead atoms. The zero-order chi connectivity index (χ0) is 10.7. The molecule has 0 saturated heterocycles. The molecule has 2 nitrogen and oxygen atoms in total. The van der Waals surface area contributed by atoms with Gasteiger partial charge < -0.3 is 4.74 Å². The average molecular weight is 192 g/mol. The van der Waals surface area contributed by atoms with Crippen molar-refractivity contribution in [2.45, 2.75) is 33.8 Å². The van der Waals surface area contributed by atoms with Crippen LogP contribution in [0, 0.1) is 13.8 Å². The molecule has 0 N–H and O–H groups in total. The van der Waals surface area contributed by atoms with Crippen LogP contribution in [0.2, 0.25) is 0 Å². The van der Waals surface area contributed by atoms with Gasteiger partial charge in [0.1, 0.15) is 5.75 Å². The highest BCUT2D eigenvalue weighted by Gasteiger charge is 2.11. The highest BCUT2D eigenvalue weighted by molar-refractivity contribution is 5.80. The molecule has 1 atom stereocenters. The number of ether oxygens (including phenoxy) is 1. The van der Waals surface area contributed by atoms with E-state index in [1.54, 1.807) is 6.92 Å². The molecule has 0 heterocycles. The van der Waals surface area contributed by atoms with Crippen LogP contribution in [0.3, 0.4) is 0 Å². The van der Waals surface area contributed by atoms with E-state index in [1.165, 1.54) is 6.92 Å². The van der Waals surface area contributed by atoms with Crippen LogP contribution in [-0.4, -0.2) is 11.9 Å². The second kappa shape index (κ2) is 4.27. The molecule has 0 radical (unpaired) electrons. The lowest BCUT2D eigenvalue weighted by Gasteiger charge is -2.15. The van der Waals surface area contributed by atoms with Crippen LogP contribution in [0.15, 0.2) is 18.2 Å². The molecule has 0 aliphatic heterocycles. The van der Waals surface area contributed by atoms with Crippen molar-refractivity contribution >= 4 is 5.78 Å². The molecule has 1 unspecified atom stereocenters. The molecular formula is C12H16O2. The van der Waals surface area contributed by atoms with E-state index in [2.05, 4.69) is 0 Å². The molecule has 0 aliphatic carbocycles. The normalized spacial score (nSPS) is 12.3. The number of hydrogen-bond acceptors (Lipinski definition) is 2. The summed E-state index contributed by atoms with van der Waals surface area (Å²) in [5, 5.41) is 0. The summed E-state index contributed by atoms with van der Waals surface area (Å²) in [5.41, 5.74) is 2.14. The van der Waals surface area contributed by atoms with Crippen molar-refractivity contribution in [1.82, 2.24) is 0 Å². The van der Waals surface area contributed by atoms with Crippen LogP contribution >= 0.6 is 0 Å². The SMILES string of the molecule is CC(=O)C(C)Oc1c(C)cccc1C. The predicted molar refractivity (Wildman–Crippen MR) is 56.7 cm³/mol. The first kappa shape index (κ1) is 10.8. The Morgan fingerprint density at radius 2 is 1.79 bits per heavy atom. The summed E-state index contributed by atoms with van der Waals surface area (Å²) in [4.78, 5) is 11.0. The molecule has 76 valence electrons. The van der Waals surface area contributed by atoms with Gasteiger partial charge in [0.15, 0.2) is 11.9 Å². The highest BCUT2D eigenvalue weighted by Crippen LogP contribution is 2.23. The fourth-order valence-corrected chi connectivity index (χ4v) is 1.24. The van der Waals surface area contributed by atoms with Gasteiger partial charge in [0, 0.05) is 0 Å². The molecule has 2 heteroatoms. The first-order valence-corrected chi connectivity index (χ1v) is 4.75. The molecule has 1 aromatic rings. The number of Topliss-reactive ketones (excluding diaryl/α,β-unsaturated/α-hetero) is 1. The van der Waals surface area contributed by atoms with Gasteiger partial charge in [-0.25, -0.2) is 0 Å². The monoisotopic (exact) mass is 192 g/mol. The summed E-state index contributed by atoms with van der Waals surface area (Å²) >= 11 is 0. The van der Waals surface area contributed by atoms with Crippen LogP contribution in [0.5, 0.6) is 5.75 Å². The fourth-order valence-electron chi connectivity index (χ4n) is 1.24. The van der Waals surface area contributed by atoms with Gasteiger partial charge in [-0.05, 0) is 38.8 Å². The summed E-state index contributed by atoms with van der Waals surface area (Å²) in [6.45, 7) is 7.27. The smallest absolute Gasteiger partial charge is 0.169 e. The maximum Gasteiger partial charge on any atom is 0.169 e. The number of rotatable bonds is 3. The van der Waals surface area contributed by atoms with Gasteiger partial charge in [-0.3, -0.25) is 4.79 Å². The standard InChI is InChI=1S/C12H16O2/c1-8-6-5-7-9(2)12(8)14-11(4)10(3)13/h5-7,11H,1-4H3. The lowest BCUT2D eigenvalue weighted by atomic mass is 10.1. The molecule has 0 amide bonds. The van der Waals surface area contributed by atoms with Crippen LogP contribution in [0.25, 0.3) is 0 Å². The van der Waals surface area contributed by atoms with Crippen molar-refractivity contribution < 1.29 is 9.53 Å². The van der Waals surface area contributed by atoms with Crippen LogP contribution in [-0.2, 0) is 4.79 Å². The summed E-state index contributed by atoms with van der Waals surface area (Å²) in [5.74, 6) is 0.878. The lowest BCUT2D eigenvalue weighted by Crippen LogP contribution is -2.21. The average Bonchev–Trinajstić information content (AvgIpc) is 2.11. The first-order valence-electron chi connectivity index (χ1n) is 4.75. The van der Waals surface area contributed by atoms with E-state index in [-0.39, 0.29) is 11.9 Å². The van der Waals surface area contributed by atoms with Crippen LogP contribution < -0.4 is 4.74 Å². The van der Waals surface area contributed by atoms with E-state index >= 15 is 0 Å². The zero-order valence-corrected chi connectivity index (χ0v) is 9.13. The van der Waals surface area contributed by atoms with Gasteiger partial charge in [-0.15, -0.1) is 0 Å². The van der Waals surface area contributed by atoms with Gasteiger partial charge in [0.25, 0.3) is 0 Å². The summed E-state index contributed by atoms with van der Waals surface area (Å²) < 4.78 is 5.59. The number of carbonyl (C=O) groups excluding carboxylic acids is 1. The van der Waals surface area contributed by atoms with E-state index in [4.69, 9.17) is 4.74 Å². The Kier molecular flexibility index (Phi) is 3.28. The zero-order valence-electron chi connectivity index (χ0n) is 9.13. The fraction of sp³-hybridized carbons (Fsp3) is 0.417. The third-order valence-electron chi connectivity index (χ3n) is 2.28. The van der Waals surface area contributed by atoms with Crippen molar-refractivity contribution in [1.29, 1.82) is 0 Å². The maximum atomic E-state index is 11.0. The Morgan fingerprint density at radius 1 is 1.29 bits per heavy atom. The second-order valence-electron chi connectivity index (χ2n) is 3.59. The summed E-state index contributed by atoms with van der Waals surface area (Å²) in [7, 11) is 0. The number of aryl methyl sites for hydroxylation is 2. The molecule has 1 aromatic carbocycles. The summed E-state index contributed by atoms with van der Waals surface area (Å²) in [6.07, 6.45) is -0.366. The van der Waals surface area contributed by atoms with E-state index in [1.807, 2.05) is 32.0 Å². The Balaban J connectivity index is 2.91. The van der Waals surface area contributed by atoms with Crippen molar-refractivity contribution in [3.63, 3.8) is 0 Å². The molecule has 1 rings (SSSR count). The Labute approximate surface area is 84.9 Å². The van der Waals surface area contributed by atoms with Crippen LogP contribution in [0.1, 0.15) is 25.0 Å². The molecule has 0 aliphatic rings. The number of benzene rings is 1. The minimum atomic E-state index is -0.366. The Morgan fingerprint density at radius 3 is 2.21 bits per heavy atom. The predicted octanol–water partition coefficient (Wildman–Crippen LogP) is 2.66. The molecule has 0 spiro atoms. The van der Waals surface area contributed by atoms with Crippen molar-refractivity contribution in [3.05, 3.63) is 29.3 Å². The Bertz CT molecular complexity index is 322. The van der Waals surface area contributed by atoms with Crippen LogP contribution in [0.4, 0.5) is 0 Å². The van der Waals surface area contributed by atoms with E-state index in [9.17, 15) is 4.79 Å². The quantitative estimate of drug-likeness (QED) is 0.736. The third-order valence-corrected chi connectivity index (χ3v) is 2.28. The van der Waals surface area contributed by atoms with E-state index < -0.39 is 0 Å². The van der Waals surface area contributed by atoms with Crippen molar-refractivity contribution in [3.8, 4) is 5.75 Å². The molecule has 0 saturated carbocycles. The molecule has 0 aromatic heterocycles. The number of hydrogen-bond donors (Lipinski definition) is 0. The van der Waals surface area contributed by atoms with Gasteiger partial charge in [0.05, 0.1) is 0 Å². The highest BCUT2D eigenvalue weighted by atomic mass is 16.5. The lowest BCUT2D eigenvalue weighted by molar-refractivity contribution is -0.122. The van der Waals surface area contributed by atoms with Gasteiger partial charge in [-0.2, -0.15) is 0 Å². The summed E-state index contributed by atoms with van der Waals surface area (Å²) in [6, 6.07) is 5.94. The third kappa shape index (κ3) is 2.34. The van der Waals surface area contributed by atoms with E-state index in [0.717, 1.165) is 16.9 Å². The van der Waals surface area contributed by atoms with Crippen molar-refractivity contribution in [2.24, 2.45) is 0 Å². The number of para-hydroxylation sites is 1.